The van der Waals surface area contributed by atoms with Crippen LogP contribution in [0, 0.1) is 0 Å². The lowest BCUT2D eigenvalue weighted by molar-refractivity contribution is -0.130. The van der Waals surface area contributed by atoms with Crippen LogP contribution in [0.1, 0.15) is 24.0 Å². The molecule has 3 amide bonds. The lowest BCUT2D eigenvalue weighted by atomic mass is 10.1. The van der Waals surface area contributed by atoms with Gasteiger partial charge in [0.15, 0.2) is 0 Å². The monoisotopic (exact) mass is 430 g/mol. The van der Waals surface area contributed by atoms with E-state index in [-0.39, 0.29) is 13.0 Å². The third kappa shape index (κ3) is 5.70. The van der Waals surface area contributed by atoms with Gasteiger partial charge in [-0.2, -0.15) is 0 Å². The molecule has 1 aliphatic rings. The Morgan fingerprint density at radius 3 is 2.63 bits per heavy atom. The molecule has 0 bridgehead atoms. The summed E-state index contributed by atoms with van der Waals surface area (Å²) >= 11 is 5.77. The normalized spacial score (nSPS) is 16.7. The summed E-state index contributed by atoms with van der Waals surface area (Å²) in [6, 6.07) is 11.0. The number of rotatable bonds is 7. The Hall–Kier alpha value is -3.13. The van der Waals surface area contributed by atoms with Crippen LogP contribution in [0.5, 0.6) is 0 Å². The van der Waals surface area contributed by atoms with Crippen molar-refractivity contribution in [2.24, 2.45) is 5.73 Å². The molecule has 30 heavy (non-hydrogen) atoms. The van der Waals surface area contributed by atoms with E-state index in [0.29, 0.717) is 30.1 Å². The van der Waals surface area contributed by atoms with Crippen LogP contribution in [-0.4, -0.2) is 46.4 Å². The van der Waals surface area contributed by atoms with Gasteiger partial charge in [0, 0.05) is 19.2 Å². The molecule has 1 aromatic heterocycles. The van der Waals surface area contributed by atoms with Crippen molar-refractivity contribution in [3.05, 3.63) is 64.9 Å². The maximum Gasteiger partial charge on any atom is 0.410 e. The van der Waals surface area contributed by atoms with Gasteiger partial charge in [0.25, 0.3) is 0 Å². The van der Waals surface area contributed by atoms with E-state index >= 15 is 0 Å². The third-order valence-electron chi connectivity index (χ3n) is 4.88. The molecule has 8 nitrogen and oxygen atoms in total. The Morgan fingerprint density at radius 2 is 1.97 bits per heavy atom. The molecule has 1 fully saturated rings. The Bertz CT molecular complexity index is 892. The first kappa shape index (κ1) is 21.6. The standard InChI is InChI=1S/C21H23ClN4O4/c22-18-9-8-15(12-24-18)11-16(19(23)27)25-20(28)17-7-4-10-26(17)21(29)30-13-14-5-2-1-3-6-14/h1-3,5-6,8-9,12,16-17H,4,7,10-11,13H2,(H2,23,27)(H,25,28)/t16-,17-/m1/s1. The molecule has 1 aliphatic heterocycles. The van der Waals surface area contributed by atoms with Crippen LogP contribution in [0.3, 0.4) is 0 Å². The van der Waals surface area contributed by atoms with Crippen LogP contribution < -0.4 is 11.1 Å². The molecule has 3 N–H and O–H groups in total. The summed E-state index contributed by atoms with van der Waals surface area (Å²) in [5, 5.41) is 2.98. The van der Waals surface area contributed by atoms with Gasteiger partial charge in [0.2, 0.25) is 11.8 Å². The molecule has 1 saturated heterocycles. The minimum atomic E-state index is -0.928. The number of nitrogens with zero attached hydrogens (tertiary/aromatic N) is 2. The average molecular weight is 431 g/mol. The number of hydrogen-bond donors (Lipinski definition) is 2. The SMILES string of the molecule is NC(=O)[C@@H](Cc1ccc(Cl)nc1)NC(=O)[C@H]1CCCN1C(=O)OCc1ccccc1. The highest BCUT2D eigenvalue weighted by Gasteiger charge is 2.36. The van der Waals surface area contributed by atoms with Crippen LogP contribution in [0.25, 0.3) is 0 Å². The van der Waals surface area contributed by atoms with Gasteiger partial charge in [-0.1, -0.05) is 48.0 Å². The maximum absolute atomic E-state index is 12.8. The molecule has 2 aromatic rings. The fraction of sp³-hybridized carbons (Fsp3) is 0.333. The number of pyridine rings is 1. The number of aromatic nitrogens is 1. The number of carbonyl (C=O) groups is 3. The van der Waals surface area contributed by atoms with Crippen LogP contribution in [-0.2, 0) is 27.4 Å². The van der Waals surface area contributed by atoms with E-state index < -0.39 is 30.0 Å². The van der Waals surface area contributed by atoms with Crippen molar-refractivity contribution in [1.82, 2.24) is 15.2 Å². The number of amides is 3. The second-order valence-electron chi connectivity index (χ2n) is 7.05. The fourth-order valence-electron chi connectivity index (χ4n) is 3.31. The highest BCUT2D eigenvalue weighted by atomic mass is 35.5. The first-order chi connectivity index (χ1) is 14.4. The van der Waals surface area contributed by atoms with E-state index in [1.165, 1.54) is 11.1 Å². The van der Waals surface area contributed by atoms with Gasteiger partial charge in [-0.05, 0) is 30.0 Å². The van der Waals surface area contributed by atoms with Crippen molar-refractivity contribution in [3.63, 3.8) is 0 Å². The fourth-order valence-corrected chi connectivity index (χ4v) is 3.43. The summed E-state index contributed by atoms with van der Waals surface area (Å²) in [5.41, 5.74) is 7.02. The molecule has 2 heterocycles. The van der Waals surface area contributed by atoms with Crippen LogP contribution in [0.15, 0.2) is 48.7 Å². The molecule has 0 saturated carbocycles. The number of primary amides is 1. The van der Waals surface area contributed by atoms with Crippen LogP contribution >= 0.6 is 11.6 Å². The number of nitrogens with two attached hydrogens (primary N) is 1. The minimum Gasteiger partial charge on any atom is -0.445 e. The topological polar surface area (TPSA) is 115 Å². The molecule has 158 valence electrons. The van der Waals surface area contributed by atoms with Crippen molar-refractivity contribution in [3.8, 4) is 0 Å². The minimum absolute atomic E-state index is 0.123. The molecule has 0 spiro atoms. The van der Waals surface area contributed by atoms with Crippen LogP contribution in [0.4, 0.5) is 4.79 Å². The van der Waals surface area contributed by atoms with E-state index in [4.69, 9.17) is 22.1 Å². The van der Waals surface area contributed by atoms with Gasteiger partial charge in [-0.3, -0.25) is 14.5 Å². The van der Waals surface area contributed by atoms with Gasteiger partial charge in [0.05, 0.1) is 0 Å². The van der Waals surface area contributed by atoms with Gasteiger partial charge in [0.1, 0.15) is 23.8 Å². The average Bonchev–Trinajstić information content (AvgIpc) is 3.24. The van der Waals surface area contributed by atoms with E-state index in [0.717, 1.165) is 5.56 Å². The number of halogens is 1. The molecule has 0 aliphatic carbocycles. The van der Waals surface area contributed by atoms with Gasteiger partial charge in [-0.15, -0.1) is 0 Å². The van der Waals surface area contributed by atoms with Crippen molar-refractivity contribution < 1.29 is 19.1 Å². The molecular formula is C21H23ClN4O4. The summed E-state index contributed by atoms with van der Waals surface area (Å²) in [6.45, 7) is 0.534. The Morgan fingerprint density at radius 1 is 1.20 bits per heavy atom. The number of ether oxygens (including phenoxy) is 1. The zero-order valence-electron chi connectivity index (χ0n) is 16.3. The Kier molecular flexibility index (Phi) is 7.24. The lowest BCUT2D eigenvalue weighted by Crippen LogP contribution is -2.53. The molecule has 3 rings (SSSR count). The smallest absolute Gasteiger partial charge is 0.410 e. The summed E-state index contributed by atoms with van der Waals surface area (Å²) in [4.78, 5) is 42.5. The van der Waals surface area contributed by atoms with Gasteiger partial charge < -0.3 is 15.8 Å². The van der Waals surface area contributed by atoms with E-state index in [1.54, 1.807) is 12.1 Å². The summed E-state index contributed by atoms with van der Waals surface area (Å²) in [6.07, 6.45) is 2.29. The first-order valence-electron chi connectivity index (χ1n) is 9.61. The van der Waals surface area contributed by atoms with Crippen molar-refractivity contribution in [2.45, 2.75) is 38.0 Å². The zero-order chi connectivity index (χ0) is 21.5. The maximum atomic E-state index is 12.8. The largest absolute Gasteiger partial charge is 0.445 e. The Balaban J connectivity index is 1.59. The highest BCUT2D eigenvalue weighted by molar-refractivity contribution is 6.29. The van der Waals surface area contributed by atoms with Gasteiger partial charge in [-0.25, -0.2) is 9.78 Å². The lowest BCUT2D eigenvalue weighted by Gasteiger charge is -2.25. The second-order valence-corrected chi connectivity index (χ2v) is 7.44. The quantitative estimate of drug-likeness (QED) is 0.652. The first-order valence-corrected chi connectivity index (χ1v) is 9.99. The van der Waals surface area contributed by atoms with E-state index in [9.17, 15) is 14.4 Å². The summed E-state index contributed by atoms with van der Waals surface area (Å²) in [7, 11) is 0. The highest BCUT2D eigenvalue weighted by Crippen LogP contribution is 2.19. The number of nitrogens with one attached hydrogen (secondary N) is 1. The van der Waals surface area contributed by atoms with E-state index in [1.807, 2.05) is 30.3 Å². The van der Waals surface area contributed by atoms with Crippen molar-refractivity contribution >= 4 is 29.5 Å². The molecular weight excluding hydrogens is 408 g/mol. The number of benzene rings is 1. The summed E-state index contributed by atoms with van der Waals surface area (Å²) < 4.78 is 5.35. The number of hydrogen-bond acceptors (Lipinski definition) is 5. The number of carbonyl (C=O) groups excluding carboxylic acids is 3. The zero-order valence-corrected chi connectivity index (χ0v) is 17.0. The number of likely N-dealkylation sites (tertiary alicyclic amines) is 1. The predicted molar refractivity (Wildman–Crippen MR) is 110 cm³/mol. The van der Waals surface area contributed by atoms with E-state index in [2.05, 4.69) is 10.3 Å². The van der Waals surface area contributed by atoms with Crippen LogP contribution in [0.2, 0.25) is 5.15 Å². The molecule has 9 heteroatoms. The van der Waals surface area contributed by atoms with Crippen molar-refractivity contribution in [1.29, 1.82) is 0 Å². The molecule has 0 unspecified atom stereocenters. The predicted octanol–water partition coefficient (Wildman–Crippen LogP) is 2.05. The summed E-state index contributed by atoms with van der Waals surface area (Å²) in [5.74, 6) is -1.11. The molecule has 0 radical (unpaired) electrons. The third-order valence-corrected chi connectivity index (χ3v) is 5.11. The molecule has 2 atom stereocenters. The Labute approximate surface area is 179 Å². The molecule has 1 aromatic carbocycles. The second kappa shape index (κ2) is 10.1. The van der Waals surface area contributed by atoms with Crippen molar-refractivity contribution in [2.75, 3.05) is 6.54 Å². The van der Waals surface area contributed by atoms with Gasteiger partial charge >= 0.3 is 6.09 Å².